The van der Waals surface area contributed by atoms with Gasteiger partial charge in [0, 0.05) is 39.3 Å². The second-order valence-electron chi connectivity index (χ2n) is 10.5. The summed E-state index contributed by atoms with van der Waals surface area (Å²) in [4.78, 5) is 19.2. The first-order chi connectivity index (χ1) is 16.1. The van der Waals surface area contributed by atoms with Crippen LogP contribution in [0.15, 0.2) is 10.7 Å². The zero-order valence-corrected chi connectivity index (χ0v) is 19.8. The van der Waals surface area contributed by atoms with E-state index in [1.165, 1.54) is 30.4 Å². The van der Waals surface area contributed by atoms with Crippen LogP contribution in [0.4, 0.5) is 11.6 Å². The smallest absolute Gasteiger partial charge is 0.231 e. The normalized spacial score (nSPS) is 21.1. The largest absolute Gasteiger partial charge is 0.432 e. The third kappa shape index (κ3) is 3.93. The fourth-order valence-electron chi connectivity index (χ4n) is 5.66. The molecule has 0 radical (unpaired) electrons. The molecule has 0 spiro atoms. The molecule has 6 rings (SSSR count). The highest BCUT2D eigenvalue weighted by Crippen LogP contribution is 2.44. The van der Waals surface area contributed by atoms with Gasteiger partial charge in [0.15, 0.2) is 11.4 Å². The molecule has 5 heterocycles. The molecule has 0 unspecified atom stereocenters. The van der Waals surface area contributed by atoms with E-state index < -0.39 is 0 Å². The first-order valence-corrected chi connectivity index (χ1v) is 12.5. The van der Waals surface area contributed by atoms with Gasteiger partial charge < -0.3 is 19.4 Å². The van der Waals surface area contributed by atoms with Gasteiger partial charge in [-0.2, -0.15) is 4.98 Å². The van der Waals surface area contributed by atoms with Crippen LogP contribution in [0.5, 0.6) is 0 Å². The molecule has 1 aliphatic carbocycles. The van der Waals surface area contributed by atoms with Crippen LogP contribution >= 0.6 is 0 Å². The maximum Gasteiger partial charge on any atom is 0.231 e. The highest BCUT2D eigenvalue weighted by molar-refractivity contribution is 6.07. The van der Waals surface area contributed by atoms with Crippen LogP contribution in [0.1, 0.15) is 44.2 Å². The number of nitrogens with one attached hydrogen (secondary N) is 1. The summed E-state index contributed by atoms with van der Waals surface area (Å²) in [6.07, 6.45) is 7.42. The Hall–Kier alpha value is -2.45. The van der Waals surface area contributed by atoms with Crippen LogP contribution in [-0.2, 0) is 17.6 Å². The quantitative estimate of drug-likeness (QED) is 0.631. The Morgan fingerprint density at radius 1 is 1.06 bits per heavy atom. The first kappa shape index (κ1) is 21.1. The maximum absolute atomic E-state index is 6.40. The van der Waals surface area contributed by atoms with Gasteiger partial charge in [-0.3, -0.25) is 4.90 Å². The number of rotatable bonds is 5. The van der Waals surface area contributed by atoms with Crippen molar-refractivity contribution in [2.24, 2.45) is 5.41 Å². The maximum atomic E-state index is 6.40. The minimum atomic E-state index is 0.263. The lowest BCUT2D eigenvalue weighted by atomic mass is 9.73. The Morgan fingerprint density at radius 3 is 2.70 bits per heavy atom. The summed E-state index contributed by atoms with van der Waals surface area (Å²) in [6, 6.07) is 0. The fourth-order valence-corrected chi connectivity index (χ4v) is 5.66. The lowest BCUT2D eigenvalue weighted by Gasteiger charge is -2.33. The molecule has 33 heavy (non-hydrogen) atoms. The lowest BCUT2D eigenvalue weighted by molar-refractivity contribution is 0.0398. The summed E-state index contributed by atoms with van der Waals surface area (Å²) < 4.78 is 11.9. The monoisotopic (exact) mass is 450 g/mol. The van der Waals surface area contributed by atoms with Crippen LogP contribution in [-0.4, -0.2) is 72.3 Å². The zero-order chi connectivity index (χ0) is 22.4. The number of nitrogens with zero attached hydrogens (tertiary/aromatic N) is 5. The molecule has 8 heteroatoms. The average molecular weight is 451 g/mol. The van der Waals surface area contributed by atoms with Crippen molar-refractivity contribution < 1.29 is 9.15 Å². The van der Waals surface area contributed by atoms with Crippen molar-refractivity contribution in [3.05, 3.63) is 17.5 Å². The third-order valence-corrected chi connectivity index (χ3v) is 7.53. The molecule has 3 aromatic heterocycles. The van der Waals surface area contributed by atoms with E-state index in [1.807, 2.05) is 0 Å². The van der Waals surface area contributed by atoms with Gasteiger partial charge >= 0.3 is 0 Å². The van der Waals surface area contributed by atoms with Crippen molar-refractivity contribution >= 4 is 33.8 Å². The predicted molar refractivity (Wildman–Crippen MR) is 130 cm³/mol. The number of furan rings is 1. The molecule has 8 nitrogen and oxygen atoms in total. The van der Waals surface area contributed by atoms with E-state index in [0.717, 1.165) is 93.4 Å². The number of anilines is 2. The average Bonchev–Trinajstić information content (AvgIpc) is 3.47. The van der Waals surface area contributed by atoms with Crippen molar-refractivity contribution in [2.45, 2.75) is 46.0 Å². The fraction of sp³-hybridized carbons (Fsp3) is 0.640. The van der Waals surface area contributed by atoms with E-state index in [0.29, 0.717) is 5.71 Å². The molecule has 0 aromatic carbocycles. The van der Waals surface area contributed by atoms with E-state index in [4.69, 9.17) is 14.1 Å². The van der Waals surface area contributed by atoms with Gasteiger partial charge in [0.25, 0.3) is 0 Å². The topological polar surface area (TPSA) is 79.6 Å². The molecule has 1 N–H and O–H groups in total. The van der Waals surface area contributed by atoms with Crippen molar-refractivity contribution in [1.29, 1.82) is 0 Å². The van der Waals surface area contributed by atoms with Crippen LogP contribution in [0, 0.1) is 5.41 Å². The van der Waals surface area contributed by atoms with Crippen molar-refractivity contribution in [2.75, 3.05) is 62.7 Å². The van der Waals surface area contributed by atoms with Crippen LogP contribution in [0.25, 0.3) is 22.2 Å². The standard InChI is InChI=1S/C25H34N6O2/c1-25(2)6-5-17-18(15-25)19-20-21(33-24(19)29-23(17)31-8-3-4-9-31)22(28-16-27-20)26-7-10-30-11-13-32-14-12-30/h16H,3-15H2,1-2H3,(H,26,27,28). The molecule has 2 aliphatic heterocycles. The Kier molecular flexibility index (Phi) is 5.37. The summed E-state index contributed by atoms with van der Waals surface area (Å²) in [7, 11) is 0. The third-order valence-electron chi connectivity index (χ3n) is 7.53. The zero-order valence-electron chi connectivity index (χ0n) is 19.8. The molecule has 0 amide bonds. The van der Waals surface area contributed by atoms with E-state index in [9.17, 15) is 0 Å². The Morgan fingerprint density at radius 2 is 1.88 bits per heavy atom. The van der Waals surface area contributed by atoms with Crippen LogP contribution < -0.4 is 10.2 Å². The van der Waals surface area contributed by atoms with Gasteiger partial charge in [-0.1, -0.05) is 13.8 Å². The number of fused-ring (bicyclic) bond motifs is 5. The van der Waals surface area contributed by atoms with Gasteiger partial charge in [0.1, 0.15) is 17.7 Å². The van der Waals surface area contributed by atoms with Gasteiger partial charge in [0.2, 0.25) is 5.71 Å². The van der Waals surface area contributed by atoms with Gasteiger partial charge in [0.05, 0.1) is 18.6 Å². The molecule has 0 atom stereocenters. The second kappa shape index (κ2) is 8.40. The second-order valence-corrected chi connectivity index (χ2v) is 10.5. The highest BCUT2D eigenvalue weighted by atomic mass is 16.5. The van der Waals surface area contributed by atoms with Crippen molar-refractivity contribution in [3.8, 4) is 0 Å². The van der Waals surface area contributed by atoms with Crippen molar-refractivity contribution in [1.82, 2.24) is 19.9 Å². The van der Waals surface area contributed by atoms with E-state index >= 15 is 0 Å². The highest BCUT2D eigenvalue weighted by Gasteiger charge is 2.33. The molecular weight excluding hydrogens is 416 g/mol. The molecule has 2 saturated heterocycles. The minimum Gasteiger partial charge on any atom is -0.432 e. The summed E-state index contributed by atoms with van der Waals surface area (Å²) in [5.74, 6) is 1.90. The number of morpholine rings is 1. The SMILES string of the molecule is CC1(C)CCc2c(N3CCCC3)nc3oc4c(NCCN5CCOCC5)ncnc4c3c2C1. The minimum absolute atomic E-state index is 0.263. The predicted octanol–water partition coefficient (Wildman–Crippen LogP) is 3.63. The molecule has 0 bridgehead atoms. The van der Waals surface area contributed by atoms with E-state index in [1.54, 1.807) is 6.33 Å². The molecule has 176 valence electrons. The summed E-state index contributed by atoms with van der Waals surface area (Å²) in [5, 5.41) is 4.59. The molecule has 3 aromatic rings. The van der Waals surface area contributed by atoms with Crippen LogP contribution in [0.2, 0.25) is 0 Å². The van der Waals surface area contributed by atoms with E-state index in [-0.39, 0.29) is 5.41 Å². The van der Waals surface area contributed by atoms with Gasteiger partial charge in [-0.25, -0.2) is 9.97 Å². The van der Waals surface area contributed by atoms with Crippen LogP contribution in [0.3, 0.4) is 0 Å². The Balaban J connectivity index is 1.40. The summed E-state index contributed by atoms with van der Waals surface area (Å²) in [6.45, 7) is 12.3. The number of ether oxygens (including phenoxy) is 1. The first-order valence-electron chi connectivity index (χ1n) is 12.5. The Bertz CT molecular complexity index is 1160. The van der Waals surface area contributed by atoms with Gasteiger partial charge in [-0.15, -0.1) is 0 Å². The lowest BCUT2D eigenvalue weighted by Crippen LogP contribution is -2.39. The van der Waals surface area contributed by atoms with Gasteiger partial charge in [-0.05, 0) is 48.6 Å². The number of hydrogen-bond donors (Lipinski definition) is 1. The number of aromatic nitrogens is 3. The molecule has 2 fully saturated rings. The molecule has 0 saturated carbocycles. The summed E-state index contributed by atoms with van der Waals surface area (Å²) >= 11 is 0. The Labute approximate surface area is 194 Å². The van der Waals surface area contributed by atoms with Crippen molar-refractivity contribution in [3.63, 3.8) is 0 Å². The van der Waals surface area contributed by atoms with E-state index in [2.05, 4.69) is 38.9 Å². The molecular formula is C25H34N6O2. The molecule has 3 aliphatic rings. The summed E-state index contributed by atoms with van der Waals surface area (Å²) in [5.41, 5.74) is 5.38. The number of pyridine rings is 1. The number of hydrogen-bond acceptors (Lipinski definition) is 8.